The highest BCUT2D eigenvalue weighted by atomic mass is 15.0. The van der Waals surface area contributed by atoms with Crippen molar-refractivity contribution >= 4 is 10.9 Å². The van der Waals surface area contributed by atoms with Gasteiger partial charge in [-0.05, 0) is 62.1 Å². The van der Waals surface area contributed by atoms with E-state index in [0.717, 1.165) is 18.4 Å². The van der Waals surface area contributed by atoms with Crippen LogP contribution in [0.2, 0.25) is 0 Å². The highest BCUT2D eigenvalue weighted by Crippen LogP contribution is 2.33. The summed E-state index contributed by atoms with van der Waals surface area (Å²) in [7, 11) is 0. The Bertz CT molecular complexity index is 816. The fraction of sp³-hybridized carbons (Fsp3) is 0.278. The summed E-state index contributed by atoms with van der Waals surface area (Å²) in [6, 6.07) is 13.0. The largest absolute Gasteiger partial charge is 0.324 e. The SMILES string of the molecule is Cc1cc2c(n1-c1ccc3ncccc3c1)CCCC2N. The van der Waals surface area contributed by atoms with Gasteiger partial charge in [0.25, 0.3) is 0 Å². The molecule has 1 aliphatic carbocycles. The molecule has 1 unspecified atom stereocenters. The van der Waals surface area contributed by atoms with E-state index in [1.54, 1.807) is 0 Å². The second-order valence-electron chi connectivity index (χ2n) is 5.90. The molecule has 1 aromatic carbocycles. The zero-order chi connectivity index (χ0) is 14.4. The van der Waals surface area contributed by atoms with Gasteiger partial charge in [0.15, 0.2) is 0 Å². The van der Waals surface area contributed by atoms with Gasteiger partial charge in [-0.1, -0.05) is 6.07 Å². The van der Waals surface area contributed by atoms with Crippen LogP contribution in [0.25, 0.3) is 16.6 Å². The van der Waals surface area contributed by atoms with Gasteiger partial charge in [0.1, 0.15) is 0 Å². The van der Waals surface area contributed by atoms with Gasteiger partial charge in [-0.25, -0.2) is 0 Å². The number of hydrogen-bond acceptors (Lipinski definition) is 2. The average molecular weight is 277 g/mol. The first-order valence-electron chi connectivity index (χ1n) is 7.56. The number of nitrogens with two attached hydrogens (primary N) is 1. The highest BCUT2D eigenvalue weighted by molar-refractivity contribution is 5.80. The lowest BCUT2D eigenvalue weighted by Gasteiger charge is -2.21. The molecule has 1 atom stereocenters. The van der Waals surface area contributed by atoms with Crippen molar-refractivity contribution in [1.82, 2.24) is 9.55 Å². The molecule has 0 radical (unpaired) electrons. The number of benzene rings is 1. The van der Waals surface area contributed by atoms with E-state index in [-0.39, 0.29) is 6.04 Å². The fourth-order valence-electron chi connectivity index (χ4n) is 3.50. The van der Waals surface area contributed by atoms with E-state index in [0.29, 0.717) is 0 Å². The van der Waals surface area contributed by atoms with Gasteiger partial charge in [-0.15, -0.1) is 0 Å². The lowest BCUT2D eigenvalue weighted by Crippen LogP contribution is -2.17. The van der Waals surface area contributed by atoms with E-state index < -0.39 is 0 Å². The minimum absolute atomic E-state index is 0.191. The zero-order valence-electron chi connectivity index (χ0n) is 12.2. The third-order valence-corrected chi connectivity index (χ3v) is 4.49. The molecule has 0 amide bonds. The molecule has 2 heterocycles. The molecule has 0 bridgehead atoms. The molecule has 21 heavy (non-hydrogen) atoms. The monoisotopic (exact) mass is 277 g/mol. The molecule has 0 spiro atoms. The Morgan fingerprint density at radius 2 is 2.14 bits per heavy atom. The van der Waals surface area contributed by atoms with Crippen LogP contribution in [0.5, 0.6) is 0 Å². The summed E-state index contributed by atoms with van der Waals surface area (Å²) < 4.78 is 2.36. The summed E-state index contributed by atoms with van der Waals surface area (Å²) in [4.78, 5) is 4.40. The molecular formula is C18H19N3. The summed E-state index contributed by atoms with van der Waals surface area (Å²) in [5, 5.41) is 1.18. The minimum atomic E-state index is 0.191. The van der Waals surface area contributed by atoms with Crippen molar-refractivity contribution in [3.8, 4) is 5.69 Å². The maximum absolute atomic E-state index is 6.27. The van der Waals surface area contributed by atoms with Crippen LogP contribution in [0.3, 0.4) is 0 Å². The highest BCUT2D eigenvalue weighted by Gasteiger charge is 2.22. The maximum Gasteiger partial charge on any atom is 0.0703 e. The lowest BCUT2D eigenvalue weighted by molar-refractivity contribution is 0.560. The predicted octanol–water partition coefficient (Wildman–Crippen LogP) is 3.67. The fourth-order valence-corrected chi connectivity index (χ4v) is 3.50. The van der Waals surface area contributed by atoms with Gasteiger partial charge in [0, 0.05) is 34.7 Å². The average Bonchev–Trinajstić information content (AvgIpc) is 2.84. The Morgan fingerprint density at radius 1 is 1.24 bits per heavy atom. The Kier molecular flexibility index (Phi) is 2.82. The van der Waals surface area contributed by atoms with Gasteiger partial charge >= 0.3 is 0 Å². The van der Waals surface area contributed by atoms with Crippen molar-refractivity contribution in [2.45, 2.75) is 32.2 Å². The second-order valence-corrected chi connectivity index (χ2v) is 5.90. The third kappa shape index (κ3) is 1.96. The van der Waals surface area contributed by atoms with Crippen LogP contribution >= 0.6 is 0 Å². The van der Waals surface area contributed by atoms with Gasteiger partial charge in [-0.3, -0.25) is 4.98 Å². The molecule has 1 aliphatic rings. The first kappa shape index (κ1) is 12.6. The molecule has 0 saturated carbocycles. The summed E-state index contributed by atoms with van der Waals surface area (Å²) >= 11 is 0. The summed E-state index contributed by atoms with van der Waals surface area (Å²) in [5.41, 5.74) is 12.5. The number of pyridine rings is 1. The summed E-state index contributed by atoms with van der Waals surface area (Å²) in [6.07, 6.45) is 5.22. The molecule has 106 valence electrons. The van der Waals surface area contributed by atoms with Crippen LogP contribution in [0.1, 0.15) is 35.8 Å². The number of aromatic nitrogens is 2. The number of rotatable bonds is 1. The van der Waals surface area contributed by atoms with Crippen LogP contribution in [0, 0.1) is 6.92 Å². The van der Waals surface area contributed by atoms with Gasteiger partial charge in [0.05, 0.1) is 5.52 Å². The molecule has 4 rings (SSSR count). The Hall–Kier alpha value is -2.13. The predicted molar refractivity (Wildman–Crippen MR) is 85.7 cm³/mol. The van der Waals surface area contributed by atoms with Gasteiger partial charge in [0.2, 0.25) is 0 Å². The second kappa shape index (κ2) is 4.71. The van der Waals surface area contributed by atoms with E-state index in [9.17, 15) is 0 Å². The van der Waals surface area contributed by atoms with Crippen molar-refractivity contribution in [3.63, 3.8) is 0 Å². The van der Waals surface area contributed by atoms with Gasteiger partial charge < -0.3 is 10.3 Å². The number of nitrogens with zero attached hydrogens (tertiary/aromatic N) is 2. The molecule has 3 nitrogen and oxygen atoms in total. The van der Waals surface area contributed by atoms with E-state index in [1.165, 1.54) is 34.4 Å². The number of fused-ring (bicyclic) bond motifs is 2. The quantitative estimate of drug-likeness (QED) is 0.737. The van der Waals surface area contributed by atoms with E-state index in [1.807, 2.05) is 12.3 Å². The molecule has 0 aliphatic heterocycles. The molecule has 0 saturated heterocycles. The van der Waals surface area contributed by atoms with Crippen molar-refractivity contribution in [1.29, 1.82) is 0 Å². The van der Waals surface area contributed by atoms with Gasteiger partial charge in [-0.2, -0.15) is 0 Å². The van der Waals surface area contributed by atoms with E-state index in [4.69, 9.17) is 5.73 Å². The zero-order valence-corrected chi connectivity index (χ0v) is 12.2. The van der Waals surface area contributed by atoms with Crippen molar-refractivity contribution in [2.24, 2.45) is 5.73 Å². The minimum Gasteiger partial charge on any atom is -0.324 e. The van der Waals surface area contributed by atoms with Crippen LogP contribution in [0.4, 0.5) is 0 Å². The summed E-state index contributed by atoms with van der Waals surface area (Å²) in [5.74, 6) is 0. The standard InChI is InChI=1S/C18H19N3/c1-12-10-15-16(19)5-2-6-18(15)21(12)14-7-8-17-13(11-14)4-3-9-20-17/h3-4,7-11,16H,2,5-6,19H2,1H3. The topological polar surface area (TPSA) is 43.8 Å². The lowest BCUT2D eigenvalue weighted by atomic mass is 9.93. The van der Waals surface area contributed by atoms with E-state index in [2.05, 4.69) is 46.8 Å². The number of hydrogen-bond donors (Lipinski definition) is 1. The molecule has 2 aromatic heterocycles. The van der Waals surface area contributed by atoms with Crippen LogP contribution in [-0.4, -0.2) is 9.55 Å². The molecular weight excluding hydrogens is 258 g/mol. The molecule has 0 fully saturated rings. The normalized spacial score (nSPS) is 17.9. The third-order valence-electron chi connectivity index (χ3n) is 4.49. The molecule has 2 N–H and O–H groups in total. The first-order chi connectivity index (χ1) is 10.2. The van der Waals surface area contributed by atoms with Crippen molar-refractivity contribution < 1.29 is 0 Å². The summed E-state index contributed by atoms with van der Waals surface area (Å²) in [6.45, 7) is 2.17. The van der Waals surface area contributed by atoms with Crippen LogP contribution in [-0.2, 0) is 6.42 Å². The Labute approximate surface area is 124 Å². The molecule has 3 aromatic rings. The van der Waals surface area contributed by atoms with Crippen LogP contribution < -0.4 is 5.73 Å². The van der Waals surface area contributed by atoms with Crippen molar-refractivity contribution in [3.05, 3.63) is 59.5 Å². The Balaban J connectivity index is 1.92. The van der Waals surface area contributed by atoms with Crippen LogP contribution in [0.15, 0.2) is 42.6 Å². The Morgan fingerprint density at radius 3 is 3.05 bits per heavy atom. The smallest absolute Gasteiger partial charge is 0.0703 e. The maximum atomic E-state index is 6.27. The first-order valence-corrected chi connectivity index (χ1v) is 7.56. The molecule has 3 heteroatoms. The van der Waals surface area contributed by atoms with Crippen molar-refractivity contribution in [2.75, 3.05) is 0 Å². The van der Waals surface area contributed by atoms with E-state index >= 15 is 0 Å². The number of aryl methyl sites for hydroxylation is 1.